The molecule has 2 amide bonds. The van der Waals surface area contributed by atoms with Crippen molar-refractivity contribution < 1.29 is 9.59 Å². The van der Waals surface area contributed by atoms with E-state index in [4.69, 9.17) is 23.7 Å². The maximum absolute atomic E-state index is 13.0. The fourth-order valence-corrected chi connectivity index (χ4v) is 3.87. The number of thioether (sulfide) groups is 1. The SMILES string of the molecule is C/C(=C1/SC(=S)N(c2ccccc2C(N)=O)C1=O)c1ccc(N)cc1. The summed E-state index contributed by atoms with van der Waals surface area (Å²) in [6.07, 6.45) is 0. The third kappa shape index (κ3) is 3.16. The predicted molar refractivity (Wildman–Crippen MR) is 106 cm³/mol. The van der Waals surface area contributed by atoms with Gasteiger partial charge in [0.15, 0.2) is 4.32 Å². The molecular weight excluding hydrogens is 354 g/mol. The van der Waals surface area contributed by atoms with Gasteiger partial charge in [0, 0.05) is 5.69 Å². The molecule has 0 radical (unpaired) electrons. The van der Waals surface area contributed by atoms with Crippen molar-refractivity contribution in [2.45, 2.75) is 6.92 Å². The fraction of sp³-hybridized carbons (Fsp3) is 0.0556. The van der Waals surface area contributed by atoms with Gasteiger partial charge in [0.05, 0.1) is 16.2 Å². The van der Waals surface area contributed by atoms with Crippen LogP contribution in [0.25, 0.3) is 5.57 Å². The molecule has 5 nitrogen and oxygen atoms in total. The normalized spacial score (nSPS) is 16.3. The predicted octanol–water partition coefficient (Wildman–Crippen LogP) is 3.16. The Labute approximate surface area is 154 Å². The third-order valence-corrected chi connectivity index (χ3v) is 5.34. The first-order valence-corrected chi connectivity index (χ1v) is 8.64. The zero-order chi connectivity index (χ0) is 18.1. The summed E-state index contributed by atoms with van der Waals surface area (Å²) in [5.74, 6) is -0.873. The lowest BCUT2D eigenvalue weighted by Crippen LogP contribution is -2.30. The maximum Gasteiger partial charge on any atom is 0.271 e. The summed E-state index contributed by atoms with van der Waals surface area (Å²) in [6, 6.07) is 13.9. The quantitative estimate of drug-likeness (QED) is 0.493. The van der Waals surface area contributed by atoms with Crippen molar-refractivity contribution in [1.29, 1.82) is 0 Å². The summed E-state index contributed by atoms with van der Waals surface area (Å²) in [5, 5.41) is 0. The van der Waals surface area contributed by atoms with Crippen molar-refractivity contribution in [2.75, 3.05) is 10.6 Å². The maximum atomic E-state index is 13.0. The van der Waals surface area contributed by atoms with Gasteiger partial charge in [-0.1, -0.05) is 48.2 Å². The van der Waals surface area contributed by atoms with E-state index in [-0.39, 0.29) is 11.5 Å². The molecular formula is C18H15N3O2S2. The lowest BCUT2D eigenvalue weighted by molar-refractivity contribution is -0.113. The second-order valence-corrected chi connectivity index (χ2v) is 7.11. The Hall–Kier alpha value is -2.64. The Morgan fingerprint density at radius 1 is 1.12 bits per heavy atom. The van der Waals surface area contributed by atoms with Crippen LogP contribution < -0.4 is 16.4 Å². The lowest BCUT2D eigenvalue weighted by Gasteiger charge is -2.17. The van der Waals surface area contributed by atoms with Crippen LogP contribution in [0.3, 0.4) is 0 Å². The number of carbonyl (C=O) groups is 2. The summed E-state index contributed by atoms with van der Waals surface area (Å²) < 4.78 is 0.364. The van der Waals surface area contributed by atoms with Crippen molar-refractivity contribution in [3.63, 3.8) is 0 Å². The number of hydrogen-bond donors (Lipinski definition) is 2. The molecule has 0 aliphatic carbocycles. The van der Waals surface area contributed by atoms with Gasteiger partial charge < -0.3 is 11.5 Å². The van der Waals surface area contributed by atoms with Gasteiger partial charge in [-0.05, 0) is 42.3 Å². The van der Waals surface area contributed by atoms with Gasteiger partial charge in [-0.3, -0.25) is 14.5 Å². The average Bonchev–Trinajstić information content (AvgIpc) is 2.89. The van der Waals surface area contributed by atoms with Crippen LogP contribution in [0.4, 0.5) is 11.4 Å². The number of benzene rings is 2. The van der Waals surface area contributed by atoms with E-state index in [0.717, 1.165) is 11.1 Å². The number of nitrogen functional groups attached to an aromatic ring is 1. The number of anilines is 2. The molecule has 7 heteroatoms. The fourth-order valence-electron chi connectivity index (χ4n) is 2.55. The van der Waals surface area contributed by atoms with Gasteiger partial charge in [0.25, 0.3) is 11.8 Å². The molecule has 0 spiro atoms. The minimum absolute atomic E-state index is 0.255. The van der Waals surface area contributed by atoms with E-state index in [1.54, 1.807) is 36.4 Å². The first-order chi connectivity index (χ1) is 11.9. The second kappa shape index (κ2) is 6.70. The second-order valence-electron chi connectivity index (χ2n) is 5.47. The molecule has 0 bridgehead atoms. The van der Waals surface area contributed by atoms with Crippen molar-refractivity contribution in [2.24, 2.45) is 5.73 Å². The molecule has 1 heterocycles. The number of thiocarbonyl (C=S) groups is 1. The highest BCUT2D eigenvalue weighted by Crippen LogP contribution is 2.40. The molecule has 0 saturated carbocycles. The summed E-state index contributed by atoms with van der Waals surface area (Å²) in [4.78, 5) is 26.5. The van der Waals surface area contributed by atoms with Crippen LogP contribution in [0.1, 0.15) is 22.8 Å². The van der Waals surface area contributed by atoms with E-state index >= 15 is 0 Å². The molecule has 1 fully saturated rings. The van der Waals surface area contributed by atoms with Crippen LogP contribution in [0.5, 0.6) is 0 Å². The number of nitrogens with two attached hydrogens (primary N) is 2. The summed E-state index contributed by atoms with van der Waals surface area (Å²) >= 11 is 6.58. The van der Waals surface area contributed by atoms with E-state index in [0.29, 0.717) is 20.6 Å². The van der Waals surface area contributed by atoms with E-state index in [9.17, 15) is 9.59 Å². The highest BCUT2D eigenvalue weighted by molar-refractivity contribution is 8.27. The van der Waals surface area contributed by atoms with Crippen molar-refractivity contribution >= 4 is 57.1 Å². The lowest BCUT2D eigenvalue weighted by atomic mass is 10.1. The van der Waals surface area contributed by atoms with Gasteiger partial charge in [0.2, 0.25) is 0 Å². The number of allylic oxidation sites excluding steroid dienone is 1. The average molecular weight is 369 g/mol. The minimum atomic E-state index is -0.608. The number of rotatable bonds is 3. The van der Waals surface area contributed by atoms with E-state index in [1.165, 1.54) is 16.7 Å². The Bertz CT molecular complexity index is 920. The first-order valence-electron chi connectivity index (χ1n) is 7.42. The molecule has 0 aromatic heterocycles. The summed E-state index contributed by atoms with van der Waals surface area (Å²) in [6.45, 7) is 1.86. The molecule has 1 aliphatic rings. The number of primary amides is 1. The van der Waals surface area contributed by atoms with Crippen LogP contribution in [0, 0.1) is 0 Å². The molecule has 126 valence electrons. The number of nitrogens with zero attached hydrogens (tertiary/aromatic N) is 1. The summed E-state index contributed by atoms with van der Waals surface area (Å²) in [7, 11) is 0. The Morgan fingerprint density at radius 2 is 1.76 bits per heavy atom. The van der Waals surface area contributed by atoms with Crippen molar-refractivity contribution in [1.82, 2.24) is 0 Å². The van der Waals surface area contributed by atoms with E-state index < -0.39 is 5.91 Å². The van der Waals surface area contributed by atoms with Gasteiger partial charge in [-0.25, -0.2) is 0 Å². The van der Waals surface area contributed by atoms with Crippen molar-refractivity contribution in [3.8, 4) is 0 Å². The van der Waals surface area contributed by atoms with Gasteiger partial charge in [-0.15, -0.1) is 0 Å². The van der Waals surface area contributed by atoms with E-state index in [2.05, 4.69) is 0 Å². The van der Waals surface area contributed by atoms with Crippen molar-refractivity contribution in [3.05, 3.63) is 64.6 Å². The molecule has 2 aromatic carbocycles. The Kier molecular flexibility index (Phi) is 4.61. The summed E-state index contributed by atoms with van der Waals surface area (Å²) in [5.41, 5.74) is 14.1. The van der Waals surface area contributed by atoms with Crippen LogP contribution in [-0.4, -0.2) is 16.1 Å². The van der Waals surface area contributed by atoms with Crippen LogP contribution in [-0.2, 0) is 4.79 Å². The van der Waals surface area contributed by atoms with Crippen LogP contribution >= 0.6 is 24.0 Å². The third-order valence-electron chi connectivity index (χ3n) is 3.86. The highest BCUT2D eigenvalue weighted by Gasteiger charge is 2.36. The first kappa shape index (κ1) is 17.2. The standard InChI is InChI=1S/C18H15N3O2S2/c1-10(11-6-8-12(19)9-7-11)15-17(23)21(18(24)25-15)14-5-3-2-4-13(14)16(20)22/h2-9H,19H2,1H3,(H2,20,22)/b15-10-. The van der Waals surface area contributed by atoms with Gasteiger partial charge in [0.1, 0.15) is 0 Å². The Balaban J connectivity index is 2.05. The topological polar surface area (TPSA) is 89.4 Å². The van der Waals surface area contributed by atoms with Gasteiger partial charge in [-0.2, -0.15) is 0 Å². The molecule has 0 atom stereocenters. The molecule has 2 aromatic rings. The molecule has 3 rings (SSSR count). The highest BCUT2D eigenvalue weighted by atomic mass is 32.2. The smallest absolute Gasteiger partial charge is 0.271 e. The molecule has 1 saturated heterocycles. The minimum Gasteiger partial charge on any atom is -0.399 e. The molecule has 1 aliphatic heterocycles. The largest absolute Gasteiger partial charge is 0.399 e. The number of hydrogen-bond acceptors (Lipinski definition) is 5. The zero-order valence-corrected chi connectivity index (χ0v) is 15.0. The number of amides is 2. The Morgan fingerprint density at radius 3 is 2.40 bits per heavy atom. The van der Waals surface area contributed by atoms with E-state index in [1.807, 2.05) is 19.1 Å². The molecule has 0 unspecified atom stereocenters. The van der Waals surface area contributed by atoms with Gasteiger partial charge >= 0.3 is 0 Å². The molecule has 25 heavy (non-hydrogen) atoms. The molecule has 4 N–H and O–H groups in total. The van der Waals surface area contributed by atoms with Crippen LogP contribution in [0.15, 0.2) is 53.4 Å². The monoisotopic (exact) mass is 369 g/mol. The zero-order valence-electron chi connectivity index (χ0n) is 13.4. The number of carbonyl (C=O) groups excluding carboxylic acids is 2. The number of para-hydroxylation sites is 1. The van der Waals surface area contributed by atoms with Crippen LogP contribution in [0.2, 0.25) is 0 Å².